The van der Waals surface area contributed by atoms with Crippen molar-refractivity contribution in [2.75, 3.05) is 13.1 Å². The van der Waals surface area contributed by atoms with E-state index in [4.69, 9.17) is 0 Å². The molecule has 0 N–H and O–H groups in total. The smallest absolute Gasteiger partial charge is 0.261 e. The number of nitrogens with zero attached hydrogens (tertiary/aromatic N) is 2. The number of carbonyl (C=O) groups excluding carboxylic acids is 3. The number of fused-ring (bicyclic) bond motifs is 1. The summed E-state index contributed by atoms with van der Waals surface area (Å²) < 4.78 is 0. The molecule has 156 valence electrons. The van der Waals surface area contributed by atoms with Gasteiger partial charge in [-0.3, -0.25) is 19.3 Å². The summed E-state index contributed by atoms with van der Waals surface area (Å²) in [6, 6.07) is 15.0. The van der Waals surface area contributed by atoms with E-state index in [-0.39, 0.29) is 23.8 Å². The molecule has 4 rings (SSSR count). The van der Waals surface area contributed by atoms with Gasteiger partial charge in [0.1, 0.15) is 0 Å². The van der Waals surface area contributed by atoms with Crippen molar-refractivity contribution in [3.63, 3.8) is 0 Å². The number of benzene rings is 2. The molecule has 0 aromatic heterocycles. The summed E-state index contributed by atoms with van der Waals surface area (Å²) in [6.45, 7) is 2.99. The lowest BCUT2D eigenvalue weighted by Gasteiger charge is -2.33. The summed E-state index contributed by atoms with van der Waals surface area (Å²) in [5.41, 5.74) is 2.31. The minimum atomic E-state index is -0.304. The molecule has 0 spiro atoms. The molecule has 1 aliphatic heterocycles. The van der Waals surface area contributed by atoms with Crippen LogP contribution >= 0.6 is 0 Å². The Bertz CT molecular complexity index is 948. The van der Waals surface area contributed by atoms with E-state index in [9.17, 15) is 14.4 Å². The van der Waals surface area contributed by atoms with E-state index < -0.39 is 0 Å². The van der Waals surface area contributed by atoms with E-state index in [0.29, 0.717) is 36.2 Å². The largest absolute Gasteiger partial charge is 0.336 e. The second-order valence-electron chi connectivity index (χ2n) is 8.14. The van der Waals surface area contributed by atoms with Crippen molar-refractivity contribution >= 4 is 17.7 Å². The predicted octanol–water partition coefficient (Wildman–Crippen LogP) is 4.32. The van der Waals surface area contributed by atoms with Gasteiger partial charge in [0.05, 0.1) is 11.1 Å². The standard InChI is InChI=1S/C25H28N2O3/c1-2-26(20-11-7-4-8-12-20)23(28)19-13-14-21-22(17-19)25(30)27(24(21)29)16-15-18-9-5-3-6-10-18/h3,5-6,9-10,13-14,17,20H,2,4,7-8,11-12,15-16H2,1H3. The Hall–Kier alpha value is -2.95. The zero-order valence-electron chi connectivity index (χ0n) is 17.5. The van der Waals surface area contributed by atoms with E-state index in [2.05, 4.69) is 0 Å². The van der Waals surface area contributed by atoms with E-state index in [1.807, 2.05) is 42.2 Å². The molecule has 1 heterocycles. The van der Waals surface area contributed by atoms with Crippen LogP contribution in [-0.2, 0) is 6.42 Å². The summed E-state index contributed by atoms with van der Waals surface area (Å²) >= 11 is 0. The number of hydrogen-bond acceptors (Lipinski definition) is 3. The van der Waals surface area contributed by atoms with E-state index >= 15 is 0 Å². The normalized spacial score (nSPS) is 16.6. The van der Waals surface area contributed by atoms with Crippen molar-refractivity contribution in [2.45, 2.75) is 51.5 Å². The SMILES string of the molecule is CCN(C(=O)c1ccc2c(c1)C(=O)N(CCc1ccccc1)C2=O)C1CCCCC1. The fraction of sp³-hybridized carbons (Fsp3) is 0.400. The second kappa shape index (κ2) is 8.82. The molecular weight excluding hydrogens is 376 g/mol. The Morgan fingerprint density at radius 1 is 0.967 bits per heavy atom. The van der Waals surface area contributed by atoms with Crippen LogP contribution in [0.1, 0.15) is 75.7 Å². The van der Waals surface area contributed by atoms with Crippen LogP contribution in [0.3, 0.4) is 0 Å². The number of amides is 3. The van der Waals surface area contributed by atoms with Crippen LogP contribution in [0.25, 0.3) is 0 Å². The van der Waals surface area contributed by atoms with Crippen LogP contribution in [0.4, 0.5) is 0 Å². The molecule has 1 saturated carbocycles. The third-order valence-corrected chi connectivity index (χ3v) is 6.30. The maximum atomic E-state index is 13.2. The highest BCUT2D eigenvalue weighted by molar-refractivity contribution is 6.22. The highest BCUT2D eigenvalue weighted by Gasteiger charge is 2.36. The summed E-state index contributed by atoms with van der Waals surface area (Å²) in [6.07, 6.45) is 6.23. The Morgan fingerprint density at radius 3 is 2.37 bits per heavy atom. The van der Waals surface area contributed by atoms with Gasteiger partial charge in [0.25, 0.3) is 17.7 Å². The molecule has 0 saturated heterocycles. The number of imide groups is 1. The first-order valence-electron chi connectivity index (χ1n) is 10.9. The Labute approximate surface area is 177 Å². The number of hydrogen-bond donors (Lipinski definition) is 0. The zero-order chi connectivity index (χ0) is 21.1. The molecule has 3 amide bonds. The highest BCUT2D eigenvalue weighted by atomic mass is 16.2. The molecular formula is C25H28N2O3. The first-order chi connectivity index (χ1) is 14.6. The molecule has 1 aliphatic carbocycles. The van der Waals surface area contributed by atoms with Gasteiger partial charge >= 0.3 is 0 Å². The first-order valence-corrected chi connectivity index (χ1v) is 10.9. The maximum absolute atomic E-state index is 13.2. The zero-order valence-corrected chi connectivity index (χ0v) is 17.5. The van der Waals surface area contributed by atoms with Gasteiger partial charge in [0, 0.05) is 24.7 Å². The van der Waals surface area contributed by atoms with Gasteiger partial charge in [0.15, 0.2) is 0 Å². The maximum Gasteiger partial charge on any atom is 0.261 e. The molecule has 5 heteroatoms. The van der Waals surface area contributed by atoms with Gasteiger partial charge < -0.3 is 4.90 Å². The van der Waals surface area contributed by atoms with Crippen LogP contribution in [-0.4, -0.2) is 46.7 Å². The summed E-state index contributed by atoms with van der Waals surface area (Å²) in [5, 5.41) is 0. The number of carbonyl (C=O) groups is 3. The van der Waals surface area contributed by atoms with Crippen LogP contribution in [0, 0.1) is 0 Å². The molecule has 0 atom stereocenters. The Balaban J connectivity index is 1.51. The monoisotopic (exact) mass is 404 g/mol. The average molecular weight is 405 g/mol. The van der Waals surface area contributed by atoms with Crippen molar-refractivity contribution in [2.24, 2.45) is 0 Å². The highest BCUT2D eigenvalue weighted by Crippen LogP contribution is 2.27. The van der Waals surface area contributed by atoms with Crippen LogP contribution in [0.2, 0.25) is 0 Å². The van der Waals surface area contributed by atoms with Gasteiger partial charge in [-0.15, -0.1) is 0 Å². The Morgan fingerprint density at radius 2 is 1.67 bits per heavy atom. The summed E-state index contributed by atoms with van der Waals surface area (Å²) in [7, 11) is 0. The number of rotatable bonds is 6. The fourth-order valence-electron chi connectivity index (χ4n) is 4.64. The van der Waals surface area contributed by atoms with E-state index in [0.717, 1.165) is 31.2 Å². The molecule has 1 fully saturated rings. The average Bonchev–Trinajstić information content (AvgIpc) is 3.03. The van der Waals surface area contributed by atoms with Crippen LogP contribution < -0.4 is 0 Å². The van der Waals surface area contributed by atoms with Crippen LogP contribution in [0.5, 0.6) is 0 Å². The van der Waals surface area contributed by atoms with E-state index in [1.165, 1.54) is 11.3 Å². The topological polar surface area (TPSA) is 57.7 Å². The minimum absolute atomic E-state index is 0.0461. The van der Waals surface area contributed by atoms with Crippen molar-refractivity contribution in [1.82, 2.24) is 9.80 Å². The van der Waals surface area contributed by atoms with Crippen molar-refractivity contribution in [1.29, 1.82) is 0 Å². The van der Waals surface area contributed by atoms with E-state index in [1.54, 1.807) is 18.2 Å². The summed E-state index contributed by atoms with van der Waals surface area (Å²) in [5.74, 6) is -0.624. The fourth-order valence-corrected chi connectivity index (χ4v) is 4.64. The molecule has 2 aromatic rings. The molecule has 0 unspecified atom stereocenters. The molecule has 0 bridgehead atoms. The molecule has 0 radical (unpaired) electrons. The molecule has 2 aliphatic rings. The summed E-state index contributed by atoms with van der Waals surface area (Å²) in [4.78, 5) is 42.1. The quantitative estimate of drug-likeness (QED) is 0.674. The lowest BCUT2D eigenvalue weighted by molar-refractivity contribution is 0.0643. The van der Waals surface area contributed by atoms with Gasteiger partial charge in [-0.1, -0.05) is 49.6 Å². The second-order valence-corrected chi connectivity index (χ2v) is 8.14. The van der Waals surface area contributed by atoms with Gasteiger partial charge in [-0.2, -0.15) is 0 Å². The predicted molar refractivity (Wildman–Crippen MR) is 116 cm³/mol. The van der Waals surface area contributed by atoms with Crippen molar-refractivity contribution < 1.29 is 14.4 Å². The molecule has 2 aromatic carbocycles. The van der Waals surface area contributed by atoms with Crippen LogP contribution in [0.15, 0.2) is 48.5 Å². The molecule has 30 heavy (non-hydrogen) atoms. The minimum Gasteiger partial charge on any atom is -0.336 e. The lowest BCUT2D eigenvalue weighted by atomic mass is 9.93. The Kier molecular flexibility index (Phi) is 5.98. The van der Waals surface area contributed by atoms with Crippen molar-refractivity contribution in [3.05, 3.63) is 70.8 Å². The van der Waals surface area contributed by atoms with Gasteiger partial charge in [-0.25, -0.2) is 0 Å². The van der Waals surface area contributed by atoms with Crippen molar-refractivity contribution in [3.8, 4) is 0 Å². The third kappa shape index (κ3) is 3.89. The molecule has 5 nitrogen and oxygen atoms in total. The third-order valence-electron chi connectivity index (χ3n) is 6.30. The van der Waals surface area contributed by atoms with Gasteiger partial charge in [0.2, 0.25) is 0 Å². The first kappa shape index (κ1) is 20.3. The van der Waals surface area contributed by atoms with Gasteiger partial charge in [-0.05, 0) is 49.9 Å². The lowest BCUT2D eigenvalue weighted by Crippen LogP contribution is -2.41.